The van der Waals surface area contributed by atoms with Gasteiger partial charge in [-0.1, -0.05) is 11.6 Å². The van der Waals surface area contributed by atoms with Crippen molar-refractivity contribution in [3.63, 3.8) is 0 Å². The molecule has 1 atom stereocenters. The van der Waals surface area contributed by atoms with Gasteiger partial charge in [-0.2, -0.15) is 0 Å². The topological polar surface area (TPSA) is 30.5 Å². The second kappa shape index (κ2) is 5.70. The van der Waals surface area contributed by atoms with Crippen molar-refractivity contribution in [2.75, 3.05) is 26.3 Å². The molecular weight excluding hydrogens is 262 g/mol. The number of rotatable bonds is 4. The molecule has 1 heterocycles. The summed E-state index contributed by atoms with van der Waals surface area (Å²) in [6.07, 6.45) is 2.60. The Balaban J connectivity index is 1.85. The highest BCUT2D eigenvalue weighted by molar-refractivity contribution is 6.32. The van der Waals surface area contributed by atoms with Gasteiger partial charge in [0.15, 0.2) is 0 Å². The van der Waals surface area contributed by atoms with E-state index < -0.39 is 0 Å². The van der Waals surface area contributed by atoms with Gasteiger partial charge in [0.2, 0.25) is 0 Å². The van der Waals surface area contributed by atoms with E-state index in [4.69, 9.17) is 21.1 Å². The predicted octanol–water partition coefficient (Wildman–Crippen LogP) is 3.10. The summed E-state index contributed by atoms with van der Waals surface area (Å²) in [5.74, 6) is 1.53. The second-order valence-corrected chi connectivity index (χ2v) is 5.89. The third-order valence-electron chi connectivity index (χ3n) is 3.65. The number of nitrogens with one attached hydrogen (secondary N) is 1. The van der Waals surface area contributed by atoms with Gasteiger partial charge in [0.1, 0.15) is 5.75 Å². The number of ether oxygens (including phenoxy) is 2. The molecule has 1 N–H and O–H groups in total. The molecule has 0 spiro atoms. The molecule has 1 aliphatic heterocycles. The van der Waals surface area contributed by atoms with Crippen LogP contribution in [0, 0.1) is 12.8 Å². The Bertz CT molecular complexity index is 454. The zero-order chi connectivity index (χ0) is 13.2. The van der Waals surface area contributed by atoms with E-state index >= 15 is 0 Å². The maximum Gasteiger partial charge on any atom is 0.143 e. The lowest BCUT2D eigenvalue weighted by atomic mass is 10.0. The van der Waals surface area contributed by atoms with Crippen LogP contribution in [0.5, 0.6) is 5.75 Å². The molecule has 0 amide bonds. The third-order valence-corrected chi connectivity index (χ3v) is 3.93. The van der Waals surface area contributed by atoms with Gasteiger partial charge in [-0.3, -0.25) is 0 Å². The van der Waals surface area contributed by atoms with Crippen LogP contribution in [-0.2, 0) is 4.74 Å². The van der Waals surface area contributed by atoms with E-state index in [1.165, 1.54) is 12.8 Å². The molecule has 1 aromatic rings. The summed E-state index contributed by atoms with van der Waals surface area (Å²) in [4.78, 5) is 0. The summed E-state index contributed by atoms with van der Waals surface area (Å²) < 4.78 is 11.8. The van der Waals surface area contributed by atoms with Crippen molar-refractivity contribution in [2.45, 2.75) is 25.9 Å². The Hall–Kier alpha value is -0.770. The fraction of sp³-hybridized carbons (Fsp3) is 0.600. The molecule has 3 nitrogen and oxygen atoms in total. The van der Waals surface area contributed by atoms with Gasteiger partial charge >= 0.3 is 0 Å². The Morgan fingerprint density at radius 1 is 1.42 bits per heavy atom. The first-order valence-electron chi connectivity index (χ1n) is 6.99. The normalized spacial score (nSPS) is 23.4. The number of morpholine rings is 1. The first-order chi connectivity index (χ1) is 9.24. The lowest BCUT2D eigenvalue weighted by Crippen LogP contribution is -2.33. The molecule has 2 aliphatic rings. The molecule has 2 fully saturated rings. The number of benzene rings is 1. The molecule has 0 bridgehead atoms. The third kappa shape index (κ3) is 3.22. The molecule has 1 unspecified atom stereocenters. The van der Waals surface area contributed by atoms with Crippen LogP contribution in [0.15, 0.2) is 12.1 Å². The van der Waals surface area contributed by atoms with Gasteiger partial charge < -0.3 is 14.8 Å². The smallest absolute Gasteiger partial charge is 0.143 e. The molecule has 1 saturated heterocycles. The van der Waals surface area contributed by atoms with E-state index in [1.807, 2.05) is 6.07 Å². The van der Waals surface area contributed by atoms with Crippen LogP contribution in [-0.4, -0.2) is 26.3 Å². The fourth-order valence-electron chi connectivity index (χ4n) is 2.40. The van der Waals surface area contributed by atoms with E-state index in [9.17, 15) is 0 Å². The van der Waals surface area contributed by atoms with Gasteiger partial charge in [0.05, 0.1) is 24.3 Å². The lowest BCUT2D eigenvalue weighted by Gasteiger charge is -2.26. The van der Waals surface area contributed by atoms with Gasteiger partial charge in [-0.15, -0.1) is 0 Å². The van der Waals surface area contributed by atoms with Crippen molar-refractivity contribution >= 4 is 11.6 Å². The Morgan fingerprint density at radius 2 is 2.26 bits per heavy atom. The van der Waals surface area contributed by atoms with Crippen LogP contribution in [0.2, 0.25) is 5.02 Å². The SMILES string of the molecule is Cc1cc(Cl)c(OCC2CC2)c(C2CNCCO2)c1. The highest BCUT2D eigenvalue weighted by atomic mass is 35.5. The van der Waals surface area contributed by atoms with Crippen LogP contribution in [0.1, 0.15) is 30.1 Å². The minimum Gasteiger partial charge on any atom is -0.491 e. The molecule has 1 aliphatic carbocycles. The first-order valence-corrected chi connectivity index (χ1v) is 7.37. The average Bonchev–Trinajstić information content (AvgIpc) is 3.22. The minimum absolute atomic E-state index is 0.0420. The fourth-order valence-corrected chi connectivity index (χ4v) is 2.73. The summed E-state index contributed by atoms with van der Waals surface area (Å²) >= 11 is 6.36. The van der Waals surface area contributed by atoms with Crippen molar-refractivity contribution < 1.29 is 9.47 Å². The Morgan fingerprint density at radius 3 is 2.95 bits per heavy atom. The maximum absolute atomic E-state index is 6.36. The first kappa shape index (κ1) is 13.2. The zero-order valence-corrected chi connectivity index (χ0v) is 12.0. The molecule has 19 heavy (non-hydrogen) atoms. The maximum atomic E-state index is 6.36. The van der Waals surface area contributed by atoms with Crippen molar-refractivity contribution in [1.82, 2.24) is 5.32 Å². The molecule has 104 valence electrons. The number of halogens is 1. The highest BCUT2D eigenvalue weighted by Crippen LogP contribution is 2.38. The van der Waals surface area contributed by atoms with Crippen LogP contribution < -0.4 is 10.1 Å². The van der Waals surface area contributed by atoms with Crippen molar-refractivity contribution in [3.8, 4) is 5.75 Å². The quantitative estimate of drug-likeness (QED) is 0.920. The number of aryl methyl sites for hydroxylation is 1. The molecule has 4 heteroatoms. The summed E-state index contributed by atoms with van der Waals surface area (Å²) in [5, 5.41) is 4.05. The molecule has 1 saturated carbocycles. The standard InChI is InChI=1S/C15H20ClNO2/c1-10-6-12(14-8-17-4-5-18-14)15(13(16)7-10)19-9-11-2-3-11/h6-7,11,14,17H,2-5,8-9H2,1H3. The van der Waals surface area contributed by atoms with Crippen LogP contribution in [0.3, 0.4) is 0 Å². The highest BCUT2D eigenvalue weighted by Gasteiger charge is 2.26. The van der Waals surface area contributed by atoms with Gasteiger partial charge in [-0.05, 0) is 43.4 Å². The monoisotopic (exact) mass is 281 g/mol. The van der Waals surface area contributed by atoms with Crippen LogP contribution >= 0.6 is 11.6 Å². The molecule has 3 rings (SSSR count). The summed E-state index contributed by atoms with van der Waals surface area (Å²) in [6.45, 7) is 5.29. The molecule has 0 aromatic heterocycles. The number of hydrogen-bond donors (Lipinski definition) is 1. The minimum atomic E-state index is 0.0420. The number of hydrogen-bond acceptors (Lipinski definition) is 3. The van der Waals surface area contributed by atoms with E-state index in [2.05, 4.69) is 18.3 Å². The largest absolute Gasteiger partial charge is 0.491 e. The van der Waals surface area contributed by atoms with E-state index in [1.54, 1.807) is 0 Å². The summed E-state index contributed by atoms with van der Waals surface area (Å²) in [6, 6.07) is 4.09. The van der Waals surface area contributed by atoms with Crippen molar-refractivity contribution in [3.05, 3.63) is 28.3 Å². The van der Waals surface area contributed by atoms with E-state index in [0.29, 0.717) is 5.02 Å². The second-order valence-electron chi connectivity index (χ2n) is 5.48. The summed E-state index contributed by atoms with van der Waals surface area (Å²) in [5.41, 5.74) is 2.23. The zero-order valence-electron chi connectivity index (χ0n) is 11.2. The van der Waals surface area contributed by atoms with Crippen molar-refractivity contribution in [1.29, 1.82) is 0 Å². The molecule has 0 radical (unpaired) electrons. The Kier molecular flexibility index (Phi) is 3.96. The average molecular weight is 282 g/mol. The molecule has 1 aromatic carbocycles. The van der Waals surface area contributed by atoms with Crippen LogP contribution in [0.4, 0.5) is 0 Å². The lowest BCUT2D eigenvalue weighted by molar-refractivity contribution is 0.0258. The van der Waals surface area contributed by atoms with Gasteiger partial charge in [-0.25, -0.2) is 0 Å². The van der Waals surface area contributed by atoms with E-state index in [0.717, 1.165) is 49.1 Å². The molecular formula is C15H20ClNO2. The van der Waals surface area contributed by atoms with Gasteiger partial charge in [0.25, 0.3) is 0 Å². The van der Waals surface area contributed by atoms with Gasteiger partial charge in [0, 0.05) is 18.7 Å². The van der Waals surface area contributed by atoms with E-state index in [-0.39, 0.29) is 6.10 Å². The predicted molar refractivity (Wildman–Crippen MR) is 76.0 cm³/mol. The van der Waals surface area contributed by atoms with Crippen molar-refractivity contribution in [2.24, 2.45) is 5.92 Å². The summed E-state index contributed by atoms with van der Waals surface area (Å²) in [7, 11) is 0. The van der Waals surface area contributed by atoms with Crippen LogP contribution in [0.25, 0.3) is 0 Å². The Labute approximate surface area is 119 Å².